The van der Waals surface area contributed by atoms with E-state index in [9.17, 15) is 4.79 Å². The lowest BCUT2D eigenvalue weighted by Gasteiger charge is -1.97. The monoisotopic (exact) mass is 200 g/mol. The van der Waals surface area contributed by atoms with Crippen molar-refractivity contribution in [3.8, 4) is 11.5 Å². The van der Waals surface area contributed by atoms with Crippen LogP contribution in [0.2, 0.25) is 0 Å². The highest BCUT2D eigenvalue weighted by Gasteiger charge is 1.97. The topological polar surface area (TPSA) is 77.8 Å². The van der Waals surface area contributed by atoms with Crippen LogP contribution in [0.1, 0.15) is 5.56 Å². The second kappa shape index (κ2) is 4.86. The predicted molar refractivity (Wildman–Crippen MR) is 48.9 cm³/mol. The third-order valence-corrected chi connectivity index (χ3v) is 1.42. The largest absolute Gasteiger partial charge is 0.504 e. The fraction of sp³-hybridized carbons (Fsp3) is 0. The molecule has 0 aliphatic rings. The number of hydrogen-bond donors (Lipinski definition) is 3. The van der Waals surface area contributed by atoms with Gasteiger partial charge in [-0.15, -0.1) is 0 Å². The van der Waals surface area contributed by atoms with Gasteiger partial charge in [-0.05, 0) is 23.8 Å². The number of phenols is 2. The van der Waals surface area contributed by atoms with Crippen LogP contribution < -0.4 is 0 Å². The molecule has 1 aromatic carbocycles. The maximum atomic E-state index is 10.1. The molecule has 0 unspecified atom stereocenters. The van der Waals surface area contributed by atoms with Crippen molar-refractivity contribution < 1.29 is 24.8 Å². The Hall–Kier alpha value is -2.04. The molecule has 0 aliphatic heterocycles. The second-order valence-corrected chi connectivity index (χ2v) is 2.42. The summed E-state index contributed by atoms with van der Waals surface area (Å²) in [4.78, 5) is 10.1. The zero-order valence-corrected chi connectivity index (χ0v) is 7.04. The van der Waals surface area contributed by atoms with Crippen molar-refractivity contribution in [2.45, 2.75) is 0 Å². The summed E-state index contributed by atoms with van der Waals surface area (Å²) in [5, 5.41) is 26.3. The highest BCUT2D eigenvalue weighted by atomic mass is 19.0. The maximum absolute atomic E-state index is 10.1. The van der Waals surface area contributed by atoms with Gasteiger partial charge in [0.05, 0.1) is 0 Å². The lowest BCUT2D eigenvalue weighted by atomic mass is 10.2. The van der Waals surface area contributed by atoms with Gasteiger partial charge < -0.3 is 15.3 Å². The van der Waals surface area contributed by atoms with Gasteiger partial charge in [0.25, 0.3) is 0 Å². The summed E-state index contributed by atoms with van der Waals surface area (Å²) in [5.74, 6) is -1.56. The molecule has 0 aromatic heterocycles. The number of carboxylic acid groups (broad SMARTS) is 1. The van der Waals surface area contributed by atoms with Crippen LogP contribution in [0.4, 0.5) is 4.70 Å². The number of carboxylic acids is 1. The molecule has 0 saturated heterocycles. The Morgan fingerprint density at radius 3 is 2.36 bits per heavy atom. The quantitative estimate of drug-likeness (QED) is 0.497. The van der Waals surface area contributed by atoms with E-state index in [2.05, 4.69) is 0 Å². The van der Waals surface area contributed by atoms with Gasteiger partial charge in [-0.3, -0.25) is 4.70 Å². The first-order valence-corrected chi connectivity index (χ1v) is 3.52. The zero-order valence-electron chi connectivity index (χ0n) is 7.04. The Balaban J connectivity index is 0.00000169. The third kappa shape index (κ3) is 3.14. The van der Waals surface area contributed by atoms with E-state index in [-0.39, 0.29) is 16.2 Å². The first-order valence-electron chi connectivity index (χ1n) is 3.52. The fourth-order valence-electron chi connectivity index (χ4n) is 0.812. The number of carbonyl (C=O) groups is 1. The first-order chi connectivity index (χ1) is 6.09. The van der Waals surface area contributed by atoms with Gasteiger partial charge in [0.1, 0.15) is 0 Å². The summed E-state index contributed by atoms with van der Waals surface area (Å²) in [6.45, 7) is 0. The lowest BCUT2D eigenvalue weighted by Crippen LogP contribution is -1.85. The van der Waals surface area contributed by atoms with Crippen molar-refractivity contribution in [1.82, 2.24) is 0 Å². The minimum Gasteiger partial charge on any atom is -0.504 e. The van der Waals surface area contributed by atoms with E-state index in [0.717, 1.165) is 6.08 Å². The SMILES string of the molecule is F.O=C(O)/C=C/c1ccc(O)c(O)c1. The summed E-state index contributed by atoms with van der Waals surface area (Å²) in [6.07, 6.45) is 2.27. The molecule has 1 rings (SSSR count). The molecular weight excluding hydrogens is 191 g/mol. The van der Waals surface area contributed by atoms with Crippen LogP contribution in [0.25, 0.3) is 6.08 Å². The predicted octanol–water partition coefficient (Wildman–Crippen LogP) is 1.35. The summed E-state index contributed by atoms with van der Waals surface area (Å²) in [7, 11) is 0. The van der Waals surface area contributed by atoms with Gasteiger partial charge in [0.15, 0.2) is 11.5 Å². The van der Waals surface area contributed by atoms with Crippen molar-refractivity contribution >= 4 is 12.0 Å². The third-order valence-electron chi connectivity index (χ3n) is 1.42. The first kappa shape index (κ1) is 12.0. The van der Waals surface area contributed by atoms with Crippen LogP contribution in [0.15, 0.2) is 24.3 Å². The van der Waals surface area contributed by atoms with E-state index in [0.29, 0.717) is 5.56 Å². The van der Waals surface area contributed by atoms with Crippen LogP contribution >= 0.6 is 0 Å². The summed E-state index contributed by atoms with van der Waals surface area (Å²) >= 11 is 0. The van der Waals surface area contributed by atoms with Crippen molar-refractivity contribution in [3.63, 3.8) is 0 Å². The Labute approximate surface area is 79.1 Å². The molecule has 0 amide bonds. The van der Waals surface area contributed by atoms with Gasteiger partial charge >= 0.3 is 5.97 Å². The molecule has 76 valence electrons. The molecule has 1 aromatic rings. The molecule has 0 saturated carbocycles. The normalized spacial score (nSPS) is 9.71. The number of rotatable bonds is 2. The summed E-state index contributed by atoms with van der Waals surface area (Å²) < 4.78 is 0. The molecule has 0 radical (unpaired) electrons. The Morgan fingerprint density at radius 2 is 1.86 bits per heavy atom. The van der Waals surface area contributed by atoms with Gasteiger partial charge in [0.2, 0.25) is 0 Å². The van der Waals surface area contributed by atoms with Gasteiger partial charge in [-0.2, -0.15) is 0 Å². The minimum atomic E-state index is -1.06. The second-order valence-electron chi connectivity index (χ2n) is 2.42. The minimum absolute atomic E-state index is 0. The van der Waals surface area contributed by atoms with Crippen molar-refractivity contribution in [2.24, 2.45) is 0 Å². The van der Waals surface area contributed by atoms with E-state index in [1.807, 2.05) is 0 Å². The van der Waals surface area contributed by atoms with Crippen molar-refractivity contribution in [2.75, 3.05) is 0 Å². The lowest BCUT2D eigenvalue weighted by molar-refractivity contribution is -0.131. The Kier molecular flexibility index (Phi) is 4.15. The molecule has 14 heavy (non-hydrogen) atoms. The molecule has 0 heterocycles. The summed E-state index contributed by atoms with van der Waals surface area (Å²) in [6, 6.07) is 4.06. The van der Waals surface area contributed by atoms with E-state index in [1.165, 1.54) is 24.3 Å². The molecule has 0 bridgehead atoms. The van der Waals surface area contributed by atoms with Crippen LogP contribution in [0.3, 0.4) is 0 Å². The van der Waals surface area contributed by atoms with Crippen LogP contribution in [0, 0.1) is 0 Å². The van der Waals surface area contributed by atoms with Gasteiger partial charge in [-0.1, -0.05) is 6.07 Å². The maximum Gasteiger partial charge on any atom is 0.328 e. The van der Waals surface area contributed by atoms with Gasteiger partial charge in [-0.25, -0.2) is 4.79 Å². The molecule has 0 fully saturated rings. The summed E-state index contributed by atoms with van der Waals surface area (Å²) in [5.41, 5.74) is 0.512. The average Bonchev–Trinajstić information content (AvgIpc) is 2.07. The van der Waals surface area contributed by atoms with Crippen LogP contribution in [-0.2, 0) is 4.79 Å². The van der Waals surface area contributed by atoms with E-state index in [1.54, 1.807) is 0 Å². The number of phenolic OH excluding ortho intramolecular Hbond substituents is 2. The highest BCUT2D eigenvalue weighted by molar-refractivity contribution is 5.85. The average molecular weight is 200 g/mol. The van der Waals surface area contributed by atoms with E-state index in [4.69, 9.17) is 15.3 Å². The molecule has 5 heteroatoms. The molecule has 4 nitrogen and oxygen atoms in total. The number of benzene rings is 1. The highest BCUT2D eigenvalue weighted by Crippen LogP contribution is 2.25. The zero-order chi connectivity index (χ0) is 9.84. The van der Waals surface area contributed by atoms with Crippen molar-refractivity contribution in [3.05, 3.63) is 29.8 Å². The van der Waals surface area contributed by atoms with Crippen LogP contribution in [-0.4, -0.2) is 21.3 Å². The molecular formula is C9H9FO4. The number of aromatic hydroxyl groups is 2. The van der Waals surface area contributed by atoms with E-state index >= 15 is 0 Å². The number of hydrogen-bond acceptors (Lipinski definition) is 3. The molecule has 0 aliphatic carbocycles. The van der Waals surface area contributed by atoms with Gasteiger partial charge in [0, 0.05) is 6.08 Å². The standard InChI is InChI=1S/C9H8O4.FH/c10-7-3-1-6(5-8(7)11)2-4-9(12)13;/h1-5,10-11H,(H,12,13);1H/b4-2+;. The van der Waals surface area contributed by atoms with Crippen molar-refractivity contribution in [1.29, 1.82) is 0 Å². The molecule has 3 N–H and O–H groups in total. The molecule has 0 spiro atoms. The molecule has 0 atom stereocenters. The number of aliphatic carboxylic acids is 1. The Morgan fingerprint density at radius 1 is 1.21 bits per heavy atom. The van der Waals surface area contributed by atoms with E-state index < -0.39 is 5.97 Å². The number of halogens is 1. The fourth-order valence-corrected chi connectivity index (χ4v) is 0.812. The Bertz CT molecular complexity index is 360. The smallest absolute Gasteiger partial charge is 0.328 e. The van der Waals surface area contributed by atoms with Crippen LogP contribution in [0.5, 0.6) is 11.5 Å².